The Kier molecular flexibility index (Phi) is 6.55. The molecule has 1 N–H and O–H groups in total. The van der Waals surface area contributed by atoms with Crippen LogP contribution in [0.1, 0.15) is 55.7 Å². The fraction of sp³-hybridized carbons (Fsp3) is 0.632. The zero-order valence-electron chi connectivity index (χ0n) is 17.4. The van der Waals surface area contributed by atoms with Crippen molar-refractivity contribution >= 4 is 27.0 Å². The monoisotopic (exact) mass is 423 g/mol. The van der Waals surface area contributed by atoms with Gasteiger partial charge in [0.05, 0.1) is 36.1 Å². The molecule has 2 aromatic heterocycles. The Hall–Kier alpha value is -2.04. The summed E-state index contributed by atoms with van der Waals surface area (Å²) in [5.41, 5.74) is 1.93. The third-order valence-electron chi connectivity index (χ3n) is 4.92. The SMILES string of the molecule is CC(C)c1cc(C(=O)NCCS(=O)(=O)N2CCOCC2)c2cnn(C(C)C)c2n1. The first-order chi connectivity index (χ1) is 13.7. The van der Waals surface area contributed by atoms with Crippen molar-refractivity contribution in [2.24, 2.45) is 0 Å². The Morgan fingerprint density at radius 3 is 2.55 bits per heavy atom. The van der Waals surface area contributed by atoms with Gasteiger partial charge in [0.2, 0.25) is 10.0 Å². The standard InChI is InChI=1S/C19H29N5O4S/c1-13(2)17-11-15(16-12-21-24(14(3)4)18(16)22-17)19(25)20-5-10-29(26,27)23-6-8-28-9-7-23/h11-14H,5-10H2,1-4H3,(H,20,25). The summed E-state index contributed by atoms with van der Waals surface area (Å²) in [6.45, 7) is 9.59. The molecule has 1 aliphatic heterocycles. The number of fused-ring (bicyclic) bond motifs is 1. The average Bonchev–Trinajstić information content (AvgIpc) is 3.12. The van der Waals surface area contributed by atoms with E-state index in [9.17, 15) is 13.2 Å². The molecule has 0 spiro atoms. The summed E-state index contributed by atoms with van der Waals surface area (Å²) in [4.78, 5) is 17.6. The van der Waals surface area contributed by atoms with Crippen LogP contribution >= 0.6 is 0 Å². The molecule has 3 heterocycles. The lowest BCUT2D eigenvalue weighted by molar-refractivity contribution is 0.0730. The van der Waals surface area contributed by atoms with Crippen LogP contribution in [0.4, 0.5) is 0 Å². The second-order valence-corrected chi connectivity index (χ2v) is 9.84. The number of ether oxygens (including phenoxy) is 1. The van der Waals surface area contributed by atoms with Crippen molar-refractivity contribution in [3.63, 3.8) is 0 Å². The van der Waals surface area contributed by atoms with E-state index in [4.69, 9.17) is 4.74 Å². The van der Waals surface area contributed by atoms with Crippen molar-refractivity contribution < 1.29 is 17.9 Å². The number of nitrogens with one attached hydrogen (secondary N) is 1. The topological polar surface area (TPSA) is 106 Å². The maximum atomic E-state index is 12.9. The summed E-state index contributed by atoms with van der Waals surface area (Å²) in [5.74, 6) is -0.321. The molecule has 1 fully saturated rings. The number of aromatic nitrogens is 3. The van der Waals surface area contributed by atoms with Crippen LogP contribution < -0.4 is 5.32 Å². The van der Waals surface area contributed by atoms with Crippen molar-refractivity contribution in [1.29, 1.82) is 0 Å². The summed E-state index contributed by atoms with van der Waals surface area (Å²) in [6.07, 6.45) is 1.64. The molecule has 1 amide bonds. The predicted octanol–water partition coefficient (Wildman–Crippen LogP) is 1.53. The minimum absolute atomic E-state index is 0.0394. The van der Waals surface area contributed by atoms with Crippen LogP contribution in [0.15, 0.2) is 12.3 Å². The van der Waals surface area contributed by atoms with Gasteiger partial charge in [-0.25, -0.2) is 18.1 Å². The largest absolute Gasteiger partial charge is 0.379 e. The molecule has 160 valence electrons. The van der Waals surface area contributed by atoms with Crippen molar-refractivity contribution in [2.75, 3.05) is 38.6 Å². The predicted molar refractivity (Wildman–Crippen MR) is 111 cm³/mol. The summed E-state index contributed by atoms with van der Waals surface area (Å²) in [5, 5.41) is 7.79. The summed E-state index contributed by atoms with van der Waals surface area (Å²) >= 11 is 0. The van der Waals surface area contributed by atoms with E-state index in [-0.39, 0.29) is 30.2 Å². The minimum Gasteiger partial charge on any atom is -0.379 e. The maximum Gasteiger partial charge on any atom is 0.252 e. The second-order valence-electron chi connectivity index (χ2n) is 7.75. The van der Waals surface area contributed by atoms with Gasteiger partial charge in [-0.05, 0) is 25.8 Å². The molecule has 0 radical (unpaired) electrons. The van der Waals surface area contributed by atoms with E-state index >= 15 is 0 Å². The van der Waals surface area contributed by atoms with Crippen molar-refractivity contribution in [3.8, 4) is 0 Å². The number of carbonyl (C=O) groups is 1. The molecular formula is C19H29N5O4S. The number of sulfonamides is 1. The van der Waals surface area contributed by atoms with E-state index in [1.165, 1.54) is 4.31 Å². The number of hydrogen-bond donors (Lipinski definition) is 1. The van der Waals surface area contributed by atoms with Crippen LogP contribution in [0.2, 0.25) is 0 Å². The van der Waals surface area contributed by atoms with Gasteiger partial charge in [-0.3, -0.25) is 4.79 Å². The summed E-state index contributed by atoms with van der Waals surface area (Å²) in [7, 11) is -3.42. The lowest BCUT2D eigenvalue weighted by atomic mass is 10.0. The Morgan fingerprint density at radius 2 is 1.93 bits per heavy atom. The Bertz CT molecular complexity index is 978. The molecule has 0 unspecified atom stereocenters. The number of hydrogen-bond acceptors (Lipinski definition) is 6. The van der Waals surface area contributed by atoms with E-state index in [0.29, 0.717) is 42.9 Å². The summed E-state index contributed by atoms with van der Waals surface area (Å²) in [6, 6.07) is 1.88. The highest BCUT2D eigenvalue weighted by atomic mass is 32.2. The lowest BCUT2D eigenvalue weighted by Gasteiger charge is -2.26. The summed E-state index contributed by atoms with van der Waals surface area (Å²) < 4.78 is 33.3. The fourth-order valence-corrected chi connectivity index (χ4v) is 4.57. The molecule has 29 heavy (non-hydrogen) atoms. The van der Waals surface area contributed by atoms with Crippen LogP contribution in [0, 0.1) is 0 Å². The van der Waals surface area contributed by atoms with Crippen LogP contribution in [0.25, 0.3) is 11.0 Å². The van der Waals surface area contributed by atoms with Crippen molar-refractivity contribution in [3.05, 3.63) is 23.5 Å². The first kappa shape index (κ1) is 21.7. The fourth-order valence-electron chi connectivity index (χ4n) is 3.24. The van der Waals surface area contributed by atoms with E-state index < -0.39 is 10.0 Å². The molecule has 0 bridgehead atoms. The number of pyridine rings is 1. The highest BCUT2D eigenvalue weighted by molar-refractivity contribution is 7.89. The van der Waals surface area contributed by atoms with Gasteiger partial charge in [-0.2, -0.15) is 9.40 Å². The highest BCUT2D eigenvalue weighted by Gasteiger charge is 2.24. The Morgan fingerprint density at radius 1 is 1.24 bits per heavy atom. The average molecular weight is 424 g/mol. The van der Waals surface area contributed by atoms with Gasteiger partial charge in [0, 0.05) is 31.4 Å². The number of amides is 1. The second kappa shape index (κ2) is 8.76. The quantitative estimate of drug-likeness (QED) is 0.724. The number of carbonyl (C=O) groups excluding carboxylic acids is 1. The highest BCUT2D eigenvalue weighted by Crippen LogP contribution is 2.24. The van der Waals surface area contributed by atoms with E-state index in [2.05, 4.69) is 15.4 Å². The zero-order chi connectivity index (χ0) is 21.2. The third kappa shape index (κ3) is 4.76. The van der Waals surface area contributed by atoms with Gasteiger partial charge in [0.15, 0.2) is 5.65 Å². The Balaban J connectivity index is 1.78. The molecule has 1 aliphatic rings. The van der Waals surface area contributed by atoms with Crippen LogP contribution in [-0.2, 0) is 14.8 Å². The smallest absolute Gasteiger partial charge is 0.252 e. The molecule has 0 aromatic carbocycles. The molecular weight excluding hydrogens is 394 g/mol. The molecule has 10 heteroatoms. The molecule has 9 nitrogen and oxygen atoms in total. The van der Waals surface area contributed by atoms with E-state index in [1.807, 2.05) is 27.7 Å². The first-order valence-corrected chi connectivity index (χ1v) is 11.5. The van der Waals surface area contributed by atoms with Crippen LogP contribution in [-0.4, -0.2) is 72.0 Å². The number of nitrogens with zero attached hydrogens (tertiary/aromatic N) is 4. The first-order valence-electron chi connectivity index (χ1n) is 9.92. The molecule has 0 aliphatic carbocycles. The lowest BCUT2D eigenvalue weighted by Crippen LogP contribution is -2.43. The van der Waals surface area contributed by atoms with E-state index in [1.54, 1.807) is 16.9 Å². The number of rotatable bonds is 7. The molecule has 1 saturated heterocycles. The molecule has 0 atom stereocenters. The van der Waals surface area contributed by atoms with Gasteiger partial charge in [0.25, 0.3) is 5.91 Å². The van der Waals surface area contributed by atoms with Gasteiger partial charge < -0.3 is 10.1 Å². The number of morpholine rings is 1. The van der Waals surface area contributed by atoms with Crippen LogP contribution in [0.5, 0.6) is 0 Å². The zero-order valence-corrected chi connectivity index (χ0v) is 18.2. The van der Waals surface area contributed by atoms with Gasteiger partial charge in [-0.1, -0.05) is 13.8 Å². The molecule has 0 saturated carbocycles. The molecule has 3 rings (SSSR count). The van der Waals surface area contributed by atoms with Gasteiger partial charge >= 0.3 is 0 Å². The van der Waals surface area contributed by atoms with E-state index in [0.717, 1.165) is 5.69 Å². The van der Waals surface area contributed by atoms with Gasteiger partial charge in [0.1, 0.15) is 0 Å². The third-order valence-corrected chi connectivity index (χ3v) is 6.79. The molecule has 2 aromatic rings. The van der Waals surface area contributed by atoms with Crippen molar-refractivity contribution in [2.45, 2.75) is 39.7 Å². The maximum absolute atomic E-state index is 12.9. The van der Waals surface area contributed by atoms with Crippen LogP contribution in [0.3, 0.4) is 0 Å². The minimum atomic E-state index is -3.42. The normalized spacial score (nSPS) is 16.1. The van der Waals surface area contributed by atoms with Gasteiger partial charge in [-0.15, -0.1) is 0 Å². The Labute approximate surface area is 171 Å². The van der Waals surface area contributed by atoms with Crippen molar-refractivity contribution in [1.82, 2.24) is 24.4 Å².